The second-order valence-corrected chi connectivity index (χ2v) is 7.96. The van der Waals surface area contributed by atoms with Gasteiger partial charge in [0, 0.05) is 23.5 Å². The number of amides is 2. The highest BCUT2D eigenvalue weighted by Crippen LogP contribution is 2.46. The number of carbonyl (C=O) groups is 2. The lowest BCUT2D eigenvalue weighted by Crippen LogP contribution is -2.23. The number of carbonyl (C=O) groups excluding carboxylic acids is 1. The number of nitrogens with one attached hydrogen (secondary N) is 2. The summed E-state index contributed by atoms with van der Waals surface area (Å²) in [5.74, 6) is -1.07. The molecule has 0 saturated heterocycles. The fourth-order valence-electron chi connectivity index (χ4n) is 3.23. The Hall–Kier alpha value is -4.28. The van der Waals surface area contributed by atoms with Gasteiger partial charge in [-0.05, 0) is 48.7 Å². The van der Waals surface area contributed by atoms with Gasteiger partial charge in [-0.25, -0.2) is 9.78 Å². The minimum Gasteiger partial charge on any atom is -0.481 e. The fourth-order valence-corrected chi connectivity index (χ4v) is 3.23. The number of ether oxygens (including phenoxy) is 2. The van der Waals surface area contributed by atoms with E-state index in [1.54, 1.807) is 42.6 Å². The monoisotopic (exact) mass is 487 g/mol. The normalized spacial score (nSPS) is 14.0. The Morgan fingerprint density at radius 1 is 0.971 bits per heavy atom. The Morgan fingerprint density at radius 3 is 2.26 bits per heavy atom. The highest BCUT2D eigenvalue weighted by atomic mass is 19.4. The van der Waals surface area contributed by atoms with Crippen molar-refractivity contribution in [3.8, 4) is 22.8 Å². The molecule has 2 amide bonds. The van der Waals surface area contributed by atoms with E-state index in [9.17, 15) is 27.9 Å². The van der Waals surface area contributed by atoms with Gasteiger partial charge >= 0.3 is 18.4 Å². The van der Waals surface area contributed by atoms with Crippen molar-refractivity contribution in [1.29, 1.82) is 0 Å². The van der Waals surface area contributed by atoms with E-state index in [1.807, 2.05) is 0 Å². The maximum Gasteiger partial charge on any atom is 0.573 e. The number of hydrogen-bond donors (Lipinski definition) is 3. The number of carboxylic acid groups (broad SMARTS) is 1. The van der Waals surface area contributed by atoms with E-state index in [0.29, 0.717) is 24.4 Å². The van der Waals surface area contributed by atoms with E-state index in [0.717, 1.165) is 17.2 Å². The van der Waals surface area contributed by atoms with E-state index in [-0.39, 0.29) is 12.3 Å². The number of urea groups is 1. The van der Waals surface area contributed by atoms with Crippen molar-refractivity contribution in [2.75, 3.05) is 17.2 Å². The van der Waals surface area contributed by atoms with Crippen LogP contribution in [0, 0.1) is 5.41 Å². The molecular weight excluding hydrogens is 467 g/mol. The van der Waals surface area contributed by atoms with Crippen LogP contribution in [0.15, 0.2) is 66.9 Å². The molecule has 182 valence electrons. The summed E-state index contributed by atoms with van der Waals surface area (Å²) in [4.78, 5) is 27.7. The molecule has 1 fully saturated rings. The highest BCUT2D eigenvalue weighted by Gasteiger charge is 2.51. The molecule has 0 atom stereocenters. The van der Waals surface area contributed by atoms with E-state index >= 15 is 0 Å². The van der Waals surface area contributed by atoms with Crippen LogP contribution >= 0.6 is 0 Å². The number of carboxylic acids is 1. The van der Waals surface area contributed by atoms with Crippen LogP contribution in [0.3, 0.4) is 0 Å². The molecule has 1 heterocycles. The quantitative estimate of drug-likeness (QED) is 0.385. The van der Waals surface area contributed by atoms with Crippen LogP contribution in [-0.2, 0) is 4.79 Å². The molecule has 0 spiro atoms. The SMILES string of the molecule is O=C(Nc1ccc(-c2ccc(OCC3(C(=O)O)CC3)nc2)cc1)Nc1ccccc1OC(F)(F)F. The van der Waals surface area contributed by atoms with Crippen LogP contribution in [0.1, 0.15) is 12.8 Å². The third-order valence-electron chi connectivity index (χ3n) is 5.38. The van der Waals surface area contributed by atoms with E-state index < -0.39 is 29.5 Å². The summed E-state index contributed by atoms with van der Waals surface area (Å²) in [5.41, 5.74) is 1.04. The van der Waals surface area contributed by atoms with Crippen molar-refractivity contribution in [2.45, 2.75) is 19.2 Å². The predicted octanol–water partition coefficient (Wildman–Crippen LogP) is 5.53. The molecule has 0 bridgehead atoms. The van der Waals surface area contributed by atoms with Gasteiger partial charge in [0.25, 0.3) is 0 Å². The lowest BCUT2D eigenvalue weighted by molar-refractivity contribution is -0.274. The molecule has 4 rings (SSSR count). The molecule has 3 aromatic rings. The van der Waals surface area contributed by atoms with E-state index in [4.69, 9.17) is 4.74 Å². The molecule has 0 aliphatic heterocycles. The molecule has 1 aliphatic carbocycles. The van der Waals surface area contributed by atoms with Crippen molar-refractivity contribution in [2.24, 2.45) is 5.41 Å². The Bertz CT molecular complexity index is 1210. The number of para-hydroxylation sites is 2. The average molecular weight is 487 g/mol. The number of aliphatic carboxylic acids is 1. The van der Waals surface area contributed by atoms with E-state index in [2.05, 4.69) is 20.4 Å². The number of pyridine rings is 1. The summed E-state index contributed by atoms with van der Waals surface area (Å²) in [6.45, 7) is 0.0733. The number of rotatable bonds is 8. The first-order valence-corrected chi connectivity index (χ1v) is 10.5. The second kappa shape index (κ2) is 9.53. The minimum absolute atomic E-state index is 0.0733. The number of nitrogens with zero attached hydrogens (tertiary/aromatic N) is 1. The average Bonchev–Trinajstić information content (AvgIpc) is 3.61. The number of anilines is 2. The molecule has 11 heteroatoms. The molecule has 1 aromatic heterocycles. The van der Waals surface area contributed by atoms with Gasteiger partial charge in [-0.15, -0.1) is 13.2 Å². The van der Waals surface area contributed by atoms with Crippen LogP contribution in [-0.4, -0.2) is 35.1 Å². The van der Waals surface area contributed by atoms with Crippen LogP contribution in [0.5, 0.6) is 11.6 Å². The fraction of sp³-hybridized carbons (Fsp3) is 0.208. The number of halogens is 3. The van der Waals surface area contributed by atoms with Gasteiger partial charge in [-0.2, -0.15) is 0 Å². The van der Waals surface area contributed by atoms with Gasteiger partial charge in [0.2, 0.25) is 5.88 Å². The zero-order chi connectivity index (χ0) is 25.1. The highest BCUT2D eigenvalue weighted by molar-refractivity contribution is 6.00. The molecule has 0 unspecified atom stereocenters. The Labute approximate surface area is 197 Å². The second-order valence-electron chi connectivity index (χ2n) is 7.96. The summed E-state index contributed by atoms with van der Waals surface area (Å²) in [5, 5.41) is 14.1. The molecule has 2 aromatic carbocycles. The topological polar surface area (TPSA) is 110 Å². The lowest BCUT2D eigenvalue weighted by Gasteiger charge is -2.14. The summed E-state index contributed by atoms with van der Waals surface area (Å²) in [7, 11) is 0. The van der Waals surface area contributed by atoms with Gasteiger partial charge in [0.1, 0.15) is 12.0 Å². The first-order valence-electron chi connectivity index (χ1n) is 10.5. The van der Waals surface area contributed by atoms with Crippen LogP contribution in [0.2, 0.25) is 0 Å². The maximum atomic E-state index is 12.5. The molecule has 8 nitrogen and oxygen atoms in total. The number of hydrogen-bond acceptors (Lipinski definition) is 5. The molecule has 35 heavy (non-hydrogen) atoms. The molecule has 0 radical (unpaired) electrons. The number of alkyl halides is 3. The summed E-state index contributed by atoms with van der Waals surface area (Å²) >= 11 is 0. The first kappa shape index (κ1) is 23.9. The van der Waals surface area contributed by atoms with Crippen LogP contribution in [0.25, 0.3) is 11.1 Å². The van der Waals surface area contributed by atoms with Crippen LogP contribution in [0.4, 0.5) is 29.3 Å². The third-order valence-corrected chi connectivity index (χ3v) is 5.38. The summed E-state index contributed by atoms with van der Waals surface area (Å²) in [6.07, 6.45) is -2.12. The minimum atomic E-state index is -4.89. The van der Waals surface area contributed by atoms with Crippen LogP contribution < -0.4 is 20.1 Å². The van der Waals surface area contributed by atoms with Gasteiger partial charge in [-0.1, -0.05) is 24.3 Å². The van der Waals surface area contributed by atoms with Gasteiger partial charge in [0.15, 0.2) is 5.75 Å². The molecule has 3 N–H and O–H groups in total. The van der Waals surface area contributed by atoms with Crippen molar-refractivity contribution >= 4 is 23.4 Å². The summed E-state index contributed by atoms with van der Waals surface area (Å²) < 4.78 is 47.1. The van der Waals surface area contributed by atoms with Gasteiger partial charge in [-0.3, -0.25) is 4.79 Å². The standard InChI is InChI=1S/C24H20F3N3O5/c25-24(26,27)35-19-4-2-1-3-18(19)30-22(33)29-17-8-5-15(6-9-17)16-7-10-20(28-13-16)34-14-23(11-12-23)21(31)32/h1-10,13H,11-12,14H2,(H,31,32)(H2,29,30,33). The largest absolute Gasteiger partial charge is 0.573 e. The Balaban J connectivity index is 1.34. The third kappa shape index (κ3) is 6.19. The zero-order valence-corrected chi connectivity index (χ0v) is 18.1. The van der Waals surface area contributed by atoms with E-state index in [1.165, 1.54) is 18.2 Å². The smallest absolute Gasteiger partial charge is 0.481 e. The summed E-state index contributed by atoms with van der Waals surface area (Å²) in [6, 6.07) is 14.6. The number of benzene rings is 2. The van der Waals surface area contributed by atoms with Crippen molar-refractivity contribution in [3.63, 3.8) is 0 Å². The molecular formula is C24H20F3N3O5. The predicted molar refractivity (Wildman–Crippen MR) is 120 cm³/mol. The number of aromatic nitrogens is 1. The maximum absolute atomic E-state index is 12.5. The Morgan fingerprint density at radius 2 is 1.66 bits per heavy atom. The van der Waals surface area contributed by atoms with Crippen molar-refractivity contribution < 1.29 is 37.3 Å². The lowest BCUT2D eigenvalue weighted by atomic mass is 10.1. The first-order chi connectivity index (χ1) is 16.6. The molecule has 1 aliphatic rings. The molecule has 1 saturated carbocycles. The van der Waals surface area contributed by atoms with Gasteiger partial charge < -0.3 is 25.2 Å². The zero-order valence-electron chi connectivity index (χ0n) is 18.1. The van der Waals surface area contributed by atoms with Gasteiger partial charge in [0.05, 0.1) is 5.69 Å². The Kier molecular flexibility index (Phi) is 6.50. The van der Waals surface area contributed by atoms with Crippen molar-refractivity contribution in [3.05, 3.63) is 66.9 Å². The van der Waals surface area contributed by atoms with Crippen molar-refractivity contribution in [1.82, 2.24) is 4.98 Å².